The third-order valence-electron chi connectivity index (χ3n) is 2.66. The molecule has 1 fully saturated rings. The topological polar surface area (TPSA) is 46.2 Å². The average Bonchev–Trinajstić information content (AvgIpc) is 2.93. The summed E-state index contributed by atoms with van der Waals surface area (Å²) in [6.07, 6.45) is 3.65. The standard InChI is InChI=1S/C11H14BrNO.ClH/c12-10-4-3-8(14)6-9(10)11(13)5-7-1-2-7;/h3-4,6-7,11,14H,1-2,5,13H2;1H/t11-;/m0./s1. The Hall–Kier alpha value is -0.250. The molecule has 3 N–H and O–H groups in total. The first-order valence-corrected chi connectivity index (χ1v) is 5.70. The van der Waals surface area contributed by atoms with Crippen LogP contribution in [0.15, 0.2) is 22.7 Å². The van der Waals surface area contributed by atoms with Crippen LogP contribution in [0.25, 0.3) is 0 Å². The Morgan fingerprint density at radius 1 is 1.47 bits per heavy atom. The predicted octanol–water partition coefficient (Wildman–Crippen LogP) is 3.38. The molecule has 0 saturated heterocycles. The first-order valence-electron chi connectivity index (χ1n) is 4.91. The first-order chi connectivity index (χ1) is 6.66. The van der Waals surface area contributed by atoms with Crippen LogP contribution >= 0.6 is 28.3 Å². The lowest BCUT2D eigenvalue weighted by molar-refractivity contribution is 0.472. The van der Waals surface area contributed by atoms with E-state index in [1.165, 1.54) is 12.8 Å². The molecule has 1 atom stereocenters. The molecule has 4 heteroatoms. The van der Waals surface area contributed by atoms with Gasteiger partial charge in [0.15, 0.2) is 0 Å². The van der Waals surface area contributed by atoms with Crippen molar-refractivity contribution >= 4 is 28.3 Å². The fourth-order valence-electron chi connectivity index (χ4n) is 1.65. The summed E-state index contributed by atoms with van der Waals surface area (Å²) >= 11 is 3.45. The molecule has 0 spiro atoms. The van der Waals surface area contributed by atoms with E-state index in [4.69, 9.17) is 5.73 Å². The van der Waals surface area contributed by atoms with Crippen molar-refractivity contribution in [2.45, 2.75) is 25.3 Å². The molecule has 0 aromatic heterocycles. The van der Waals surface area contributed by atoms with Crippen LogP contribution in [-0.4, -0.2) is 5.11 Å². The van der Waals surface area contributed by atoms with Gasteiger partial charge in [-0.1, -0.05) is 28.8 Å². The molecular weight excluding hydrogens is 277 g/mol. The van der Waals surface area contributed by atoms with Crippen LogP contribution in [0, 0.1) is 5.92 Å². The summed E-state index contributed by atoms with van der Waals surface area (Å²) in [5, 5.41) is 9.36. The van der Waals surface area contributed by atoms with Crippen LogP contribution in [0.4, 0.5) is 0 Å². The predicted molar refractivity (Wildman–Crippen MR) is 67.3 cm³/mol. The van der Waals surface area contributed by atoms with Gasteiger partial charge in [-0.05, 0) is 36.1 Å². The van der Waals surface area contributed by atoms with E-state index >= 15 is 0 Å². The number of rotatable bonds is 3. The van der Waals surface area contributed by atoms with Crippen LogP contribution in [-0.2, 0) is 0 Å². The van der Waals surface area contributed by atoms with Gasteiger partial charge in [0.05, 0.1) is 0 Å². The van der Waals surface area contributed by atoms with Gasteiger partial charge in [-0.15, -0.1) is 12.4 Å². The van der Waals surface area contributed by atoms with E-state index in [0.29, 0.717) is 0 Å². The van der Waals surface area contributed by atoms with Gasteiger partial charge in [-0.2, -0.15) is 0 Å². The van der Waals surface area contributed by atoms with Crippen molar-refractivity contribution in [3.8, 4) is 5.75 Å². The smallest absolute Gasteiger partial charge is 0.115 e. The minimum absolute atomic E-state index is 0. The Morgan fingerprint density at radius 3 is 2.73 bits per heavy atom. The van der Waals surface area contributed by atoms with E-state index in [1.807, 2.05) is 6.07 Å². The second-order valence-corrected chi connectivity index (χ2v) is 4.85. The monoisotopic (exact) mass is 291 g/mol. The lowest BCUT2D eigenvalue weighted by Crippen LogP contribution is -2.11. The maximum absolute atomic E-state index is 9.36. The Morgan fingerprint density at radius 2 is 2.13 bits per heavy atom. The van der Waals surface area contributed by atoms with E-state index < -0.39 is 0 Å². The molecule has 1 aliphatic carbocycles. The zero-order chi connectivity index (χ0) is 10.1. The zero-order valence-corrected chi connectivity index (χ0v) is 10.7. The van der Waals surface area contributed by atoms with Gasteiger partial charge >= 0.3 is 0 Å². The fourth-order valence-corrected chi connectivity index (χ4v) is 2.20. The molecule has 84 valence electrons. The minimum Gasteiger partial charge on any atom is -0.508 e. The normalized spacial score (nSPS) is 16.9. The molecule has 0 radical (unpaired) electrons. The highest BCUT2D eigenvalue weighted by Gasteiger charge is 2.25. The summed E-state index contributed by atoms with van der Waals surface area (Å²) in [5.41, 5.74) is 7.08. The van der Waals surface area contributed by atoms with Crippen LogP contribution in [0.2, 0.25) is 0 Å². The van der Waals surface area contributed by atoms with Crippen LogP contribution in [0.1, 0.15) is 30.9 Å². The maximum atomic E-state index is 9.36. The molecule has 1 aliphatic rings. The Kier molecular flexibility index (Phi) is 4.44. The van der Waals surface area contributed by atoms with Crippen LogP contribution in [0.3, 0.4) is 0 Å². The van der Waals surface area contributed by atoms with Gasteiger partial charge in [0, 0.05) is 10.5 Å². The van der Waals surface area contributed by atoms with E-state index in [-0.39, 0.29) is 24.2 Å². The number of phenols is 1. The number of hydrogen-bond acceptors (Lipinski definition) is 2. The van der Waals surface area contributed by atoms with E-state index in [2.05, 4.69) is 15.9 Å². The van der Waals surface area contributed by atoms with E-state index in [9.17, 15) is 5.11 Å². The van der Waals surface area contributed by atoms with Crippen LogP contribution < -0.4 is 5.73 Å². The summed E-state index contributed by atoms with van der Waals surface area (Å²) in [5.74, 6) is 1.09. The Bertz CT molecular complexity index is 341. The van der Waals surface area contributed by atoms with Gasteiger partial charge < -0.3 is 10.8 Å². The molecule has 0 amide bonds. The number of phenolic OH excluding ortho intramolecular Hbond substituents is 1. The van der Waals surface area contributed by atoms with Crippen molar-refractivity contribution in [2.24, 2.45) is 11.7 Å². The second-order valence-electron chi connectivity index (χ2n) is 3.99. The fraction of sp³-hybridized carbons (Fsp3) is 0.455. The van der Waals surface area contributed by atoms with E-state index in [1.54, 1.807) is 12.1 Å². The zero-order valence-electron chi connectivity index (χ0n) is 8.32. The summed E-state index contributed by atoms with van der Waals surface area (Å²) in [7, 11) is 0. The average molecular weight is 293 g/mol. The van der Waals surface area contributed by atoms with Crippen molar-refractivity contribution < 1.29 is 5.11 Å². The summed E-state index contributed by atoms with van der Waals surface area (Å²) in [4.78, 5) is 0. The van der Waals surface area contributed by atoms with Crippen LogP contribution in [0.5, 0.6) is 5.75 Å². The van der Waals surface area contributed by atoms with Crippen molar-refractivity contribution in [1.82, 2.24) is 0 Å². The molecule has 15 heavy (non-hydrogen) atoms. The number of nitrogens with two attached hydrogens (primary N) is 1. The van der Waals surface area contributed by atoms with Crippen molar-refractivity contribution in [2.75, 3.05) is 0 Å². The summed E-state index contributed by atoms with van der Waals surface area (Å²) in [6, 6.07) is 5.30. The van der Waals surface area contributed by atoms with E-state index in [0.717, 1.165) is 22.4 Å². The number of halogens is 2. The van der Waals surface area contributed by atoms with Gasteiger partial charge in [0.2, 0.25) is 0 Å². The van der Waals surface area contributed by atoms with Gasteiger partial charge in [0.1, 0.15) is 5.75 Å². The summed E-state index contributed by atoms with van der Waals surface area (Å²) in [6.45, 7) is 0. The quantitative estimate of drug-likeness (QED) is 0.897. The lowest BCUT2D eigenvalue weighted by Gasteiger charge is -2.13. The Labute approximate surface area is 104 Å². The highest BCUT2D eigenvalue weighted by atomic mass is 79.9. The molecular formula is C11H15BrClNO. The van der Waals surface area contributed by atoms with Gasteiger partial charge in [0.25, 0.3) is 0 Å². The van der Waals surface area contributed by atoms with Crippen molar-refractivity contribution in [3.05, 3.63) is 28.2 Å². The third kappa shape index (κ3) is 3.37. The largest absolute Gasteiger partial charge is 0.508 e. The third-order valence-corrected chi connectivity index (χ3v) is 3.39. The first kappa shape index (κ1) is 12.8. The molecule has 2 nitrogen and oxygen atoms in total. The number of aromatic hydroxyl groups is 1. The molecule has 0 aliphatic heterocycles. The van der Waals surface area contributed by atoms with Gasteiger partial charge in [-0.25, -0.2) is 0 Å². The number of hydrogen-bond donors (Lipinski definition) is 2. The molecule has 0 unspecified atom stereocenters. The van der Waals surface area contributed by atoms with Crippen molar-refractivity contribution in [1.29, 1.82) is 0 Å². The molecule has 1 aromatic carbocycles. The molecule has 1 aromatic rings. The molecule has 0 bridgehead atoms. The Balaban J connectivity index is 0.00000112. The second kappa shape index (κ2) is 5.19. The SMILES string of the molecule is Cl.N[C@@H](CC1CC1)c1cc(O)ccc1Br. The minimum atomic E-state index is 0. The summed E-state index contributed by atoms with van der Waals surface area (Å²) < 4.78 is 0.989. The molecule has 1 saturated carbocycles. The van der Waals surface area contributed by atoms with Gasteiger partial charge in [-0.3, -0.25) is 0 Å². The molecule has 2 rings (SSSR count). The highest BCUT2D eigenvalue weighted by Crippen LogP contribution is 2.38. The lowest BCUT2D eigenvalue weighted by atomic mass is 10.0. The number of benzene rings is 1. The highest BCUT2D eigenvalue weighted by molar-refractivity contribution is 9.10. The molecule has 0 heterocycles. The maximum Gasteiger partial charge on any atom is 0.115 e. The van der Waals surface area contributed by atoms with Crippen molar-refractivity contribution in [3.63, 3.8) is 0 Å².